The lowest BCUT2D eigenvalue weighted by molar-refractivity contribution is 0.384. The Hall–Kier alpha value is -0.770. The smallest absolute Gasteiger partial charge is 0.116 e. The summed E-state index contributed by atoms with van der Waals surface area (Å²) in [6, 6.07) is 0. The largest absolute Gasteiger partial charge is 0.293 e. The van der Waals surface area contributed by atoms with Gasteiger partial charge in [-0.05, 0) is 19.6 Å². The van der Waals surface area contributed by atoms with E-state index >= 15 is 0 Å². The fourth-order valence-electron chi connectivity index (χ4n) is 0.703. The summed E-state index contributed by atoms with van der Waals surface area (Å²) in [5.41, 5.74) is 7.98. The SMILES string of the molecule is CN(C)[C@H]1N[C@@H]1N=[N+]=[N-]. The molecule has 1 N–H and O–H groups in total. The Morgan fingerprint density at radius 3 is 2.67 bits per heavy atom. The zero-order valence-corrected chi connectivity index (χ0v) is 5.44. The highest BCUT2D eigenvalue weighted by Crippen LogP contribution is 2.13. The zero-order chi connectivity index (χ0) is 6.85. The van der Waals surface area contributed by atoms with Crippen molar-refractivity contribution in [1.82, 2.24) is 10.2 Å². The van der Waals surface area contributed by atoms with E-state index in [1.54, 1.807) is 0 Å². The molecular formula is C4H9N5. The van der Waals surface area contributed by atoms with Gasteiger partial charge in [-0.15, -0.1) is 0 Å². The Kier molecular flexibility index (Phi) is 1.57. The summed E-state index contributed by atoms with van der Waals surface area (Å²) in [5, 5.41) is 6.44. The van der Waals surface area contributed by atoms with Gasteiger partial charge in [-0.2, -0.15) is 0 Å². The molecule has 0 radical (unpaired) electrons. The van der Waals surface area contributed by atoms with Gasteiger partial charge in [0.2, 0.25) is 0 Å². The number of azide groups is 1. The van der Waals surface area contributed by atoms with Gasteiger partial charge in [-0.25, -0.2) is 0 Å². The van der Waals surface area contributed by atoms with E-state index in [1.165, 1.54) is 0 Å². The van der Waals surface area contributed by atoms with E-state index in [4.69, 9.17) is 5.53 Å². The van der Waals surface area contributed by atoms with Crippen molar-refractivity contribution in [1.29, 1.82) is 0 Å². The summed E-state index contributed by atoms with van der Waals surface area (Å²) in [6.07, 6.45) is 0.242. The standard InChI is InChI=1S/C4H9N5/c1-9(2)4-3(6-4)7-8-5/h3-4,6H,1-2H3/t3-,4-/m1/s1. The molecular weight excluding hydrogens is 118 g/mol. The van der Waals surface area contributed by atoms with Crippen LogP contribution in [0.2, 0.25) is 0 Å². The van der Waals surface area contributed by atoms with Gasteiger partial charge < -0.3 is 0 Å². The number of nitrogens with zero attached hydrogens (tertiary/aromatic N) is 4. The number of nitrogens with one attached hydrogen (secondary N) is 1. The van der Waals surface area contributed by atoms with E-state index in [1.807, 2.05) is 19.0 Å². The molecule has 5 nitrogen and oxygen atoms in total. The fraction of sp³-hybridized carbons (Fsp3) is 1.00. The third kappa shape index (κ3) is 1.32. The molecule has 1 aliphatic rings. The highest BCUT2D eigenvalue weighted by Gasteiger charge is 2.36. The van der Waals surface area contributed by atoms with Crippen LogP contribution in [-0.2, 0) is 0 Å². The Labute approximate surface area is 53.3 Å². The van der Waals surface area contributed by atoms with Crippen molar-refractivity contribution in [2.24, 2.45) is 5.11 Å². The first-order chi connectivity index (χ1) is 4.25. The van der Waals surface area contributed by atoms with Gasteiger partial charge >= 0.3 is 0 Å². The summed E-state index contributed by atoms with van der Waals surface area (Å²) < 4.78 is 0. The number of rotatable bonds is 2. The van der Waals surface area contributed by atoms with E-state index in [-0.39, 0.29) is 12.3 Å². The molecule has 1 aliphatic heterocycles. The molecule has 0 aromatic carbocycles. The van der Waals surface area contributed by atoms with Crippen LogP contribution < -0.4 is 5.32 Å². The van der Waals surface area contributed by atoms with Crippen molar-refractivity contribution < 1.29 is 0 Å². The van der Waals surface area contributed by atoms with Crippen LogP contribution in [0.25, 0.3) is 10.4 Å². The average Bonchev–Trinajstić information content (AvgIpc) is 2.47. The molecule has 50 valence electrons. The van der Waals surface area contributed by atoms with Crippen molar-refractivity contribution in [3.8, 4) is 0 Å². The maximum atomic E-state index is 7.98. The van der Waals surface area contributed by atoms with E-state index in [0.717, 1.165) is 0 Å². The first kappa shape index (κ1) is 6.35. The molecule has 1 saturated heterocycles. The predicted octanol–water partition coefficient (Wildman–Crippen LogP) is 0.114. The second-order valence-corrected chi connectivity index (χ2v) is 2.22. The monoisotopic (exact) mass is 127 g/mol. The summed E-state index contributed by atoms with van der Waals surface area (Å²) in [5.74, 6) is 0. The predicted molar refractivity (Wildman–Crippen MR) is 33.5 cm³/mol. The highest BCUT2D eigenvalue weighted by molar-refractivity contribution is 4.93. The molecule has 0 aromatic heterocycles. The second kappa shape index (κ2) is 2.23. The molecule has 1 fully saturated rings. The second-order valence-electron chi connectivity index (χ2n) is 2.22. The lowest BCUT2D eigenvalue weighted by Crippen LogP contribution is -2.18. The van der Waals surface area contributed by atoms with Gasteiger partial charge in [-0.3, -0.25) is 10.2 Å². The van der Waals surface area contributed by atoms with E-state index in [0.29, 0.717) is 0 Å². The molecule has 0 aliphatic carbocycles. The molecule has 0 unspecified atom stereocenters. The van der Waals surface area contributed by atoms with Gasteiger partial charge in [0.1, 0.15) is 6.17 Å². The summed E-state index contributed by atoms with van der Waals surface area (Å²) in [4.78, 5) is 4.64. The van der Waals surface area contributed by atoms with Crippen molar-refractivity contribution in [3.63, 3.8) is 0 Å². The minimum absolute atomic E-state index is 0.00926. The van der Waals surface area contributed by atoms with Gasteiger partial charge in [-0.1, -0.05) is 5.11 Å². The molecule has 1 heterocycles. The van der Waals surface area contributed by atoms with Gasteiger partial charge in [0, 0.05) is 4.91 Å². The number of likely N-dealkylation sites (N-methyl/N-ethyl adjacent to an activating group) is 1. The average molecular weight is 127 g/mol. The third-order valence-corrected chi connectivity index (χ3v) is 1.26. The van der Waals surface area contributed by atoms with Gasteiger partial charge in [0.15, 0.2) is 0 Å². The first-order valence-electron chi connectivity index (χ1n) is 2.72. The molecule has 0 saturated carbocycles. The van der Waals surface area contributed by atoms with Crippen LogP contribution in [-0.4, -0.2) is 31.3 Å². The molecule has 1 rings (SSSR count). The third-order valence-electron chi connectivity index (χ3n) is 1.26. The molecule has 0 aromatic rings. The van der Waals surface area contributed by atoms with Crippen LogP contribution in [0.1, 0.15) is 0 Å². The van der Waals surface area contributed by atoms with E-state index in [2.05, 4.69) is 15.3 Å². The molecule has 0 spiro atoms. The lowest BCUT2D eigenvalue weighted by atomic mass is 10.6. The van der Waals surface area contributed by atoms with Crippen molar-refractivity contribution in [2.45, 2.75) is 12.3 Å². The summed E-state index contributed by atoms with van der Waals surface area (Å²) >= 11 is 0. The number of hydrogen-bond donors (Lipinski definition) is 1. The molecule has 5 heteroatoms. The maximum absolute atomic E-state index is 7.98. The van der Waals surface area contributed by atoms with Crippen molar-refractivity contribution >= 4 is 0 Å². The van der Waals surface area contributed by atoms with Gasteiger partial charge in [0.25, 0.3) is 0 Å². The van der Waals surface area contributed by atoms with Crippen molar-refractivity contribution in [2.75, 3.05) is 14.1 Å². The summed E-state index contributed by atoms with van der Waals surface area (Å²) in [6.45, 7) is 0. The normalized spacial score (nSPS) is 31.9. The molecule has 9 heavy (non-hydrogen) atoms. The minimum Gasteiger partial charge on any atom is -0.293 e. The molecule has 0 bridgehead atoms. The highest BCUT2D eigenvalue weighted by atomic mass is 15.5. The lowest BCUT2D eigenvalue weighted by Gasteiger charge is -2.03. The Morgan fingerprint density at radius 1 is 1.67 bits per heavy atom. The first-order valence-corrected chi connectivity index (χ1v) is 2.72. The van der Waals surface area contributed by atoms with Crippen LogP contribution in [0.5, 0.6) is 0 Å². The van der Waals surface area contributed by atoms with Crippen LogP contribution in [0.4, 0.5) is 0 Å². The van der Waals surface area contributed by atoms with Crippen LogP contribution >= 0.6 is 0 Å². The zero-order valence-electron chi connectivity index (χ0n) is 5.44. The van der Waals surface area contributed by atoms with E-state index in [9.17, 15) is 0 Å². The molecule has 0 amide bonds. The topological polar surface area (TPSA) is 73.9 Å². The number of hydrogen-bond acceptors (Lipinski definition) is 3. The molecule has 2 atom stereocenters. The van der Waals surface area contributed by atoms with Crippen LogP contribution in [0, 0.1) is 0 Å². The van der Waals surface area contributed by atoms with Gasteiger partial charge in [0.05, 0.1) is 6.17 Å². The quantitative estimate of drug-likeness (QED) is 0.247. The summed E-state index contributed by atoms with van der Waals surface area (Å²) in [7, 11) is 3.87. The maximum Gasteiger partial charge on any atom is 0.116 e. The van der Waals surface area contributed by atoms with Crippen molar-refractivity contribution in [3.05, 3.63) is 10.4 Å². The Morgan fingerprint density at radius 2 is 2.33 bits per heavy atom. The fourth-order valence-corrected chi connectivity index (χ4v) is 0.703. The van der Waals surface area contributed by atoms with E-state index < -0.39 is 0 Å². The van der Waals surface area contributed by atoms with Crippen LogP contribution in [0.3, 0.4) is 0 Å². The minimum atomic E-state index is -0.00926. The van der Waals surface area contributed by atoms with Crippen LogP contribution in [0.15, 0.2) is 5.11 Å². The Balaban J connectivity index is 2.32. The Bertz CT molecular complexity index is 147.